The molecule has 66 heavy (non-hydrogen) atoms. The van der Waals surface area contributed by atoms with E-state index in [1.165, 1.54) is 16.4 Å². The predicted molar refractivity (Wildman–Crippen MR) is 237 cm³/mol. The van der Waals surface area contributed by atoms with E-state index in [2.05, 4.69) is 20.9 Å². The Kier molecular flexibility index (Phi) is 13.5. The largest absolute Gasteiger partial charge is 0.489 e. The van der Waals surface area contributed by atoms with E-state index >= 15 is 0 Å². The van der Waals surface area contributed by atoms with Crippen LogP contribution in [0.4, 0.5) is 5.69 Å². The summed E-state index contributed by atoms with van der Waals surface area (Å²) >= 11 is 0. The fourth-order valence-electron chi connectivity index (χ4n) is 8.50. The third kappa shape index (κ3) is 9.48. The van der Waals surface area contributed by atoms with Crippen LogP contribution in [-0.2, 0) is 47.5 Å². The van der Waals surface area contributed by atoms with Crippen molar-refractivity contribution in [1.29, 1.82) is 0 Å². The van der Waals surface area contributed by atoms with Gasteiger partial charge >= 0.3 is 5.97 Å². The summed E-state index contributed by atoms with van der Waals surface area (Å²) in [7, 11) is -2.19. The SMILES string of the molecule is Cc1ccc(C(CC(=O)O)c2cc(OCCOCCOCCNc3cccc4c3C(=O)N(C3CCC(=O)NC3=O)C4=O)c3c(c2)nnn3C)cc1CN1CC(C)Oc2ccccc2S1(=O)=O. The summed E-state index contributed by atoms with van der Waals surface area (Å²) in [4.78, 5) is 63.9. The van der Waals surface area contributed by atoms with Gasteiger partial charge in [0.1, 0.15) is 46.2 Å². The Morgan fingerprint density at radius 2 is 1.73 bits per heavy atom. The molecule has 0 spiro atoms. The summed E-state index contributed by atoms with van der Waals surface area (Å²) in [5.41, 5.74) is 4.75. The first kappa shape index (κ1) is 45.8. The minimum absolute atomic E-state index is 0.0317. The highest BCUT2D eigenvalue weighted by atomic mass is 32.2. The molecular weight excluding hydrogens is 875 g/mol. The van der Waals surface area contributed by atoms with Gasteiger partial charge in [0.25, 0.3) is 11.8 Å². The van der Waals surface area contributed by atoms with Crippen molar-refractivity contribution in [3.63, 3.8) is 0 Å². The number of imide groups is 2. The third-order valence-electron chi connectivity index (χ3n) is 11.7. The van der Waals surface area contributed by atoms with E-state index in [4.69, 9.17) is 18.9 Å². The van der Waals surface area contributed by atoms with E-state index in [-0.39, 0.29) is 81.4 Å². The average Bonchev–Trinajstić information content (AvgIpc) is 3.75. The topological polar surface area (TPSA) is 238 Å². The first-order valence-corrected chi connectivity index (χ1v) is 22.9. The molecule has 3 N–H and O–H groups in total. The number of carbonyl (C=O) groups excluding carboxylic acids is 4. The van der Waals surface area contributed by atoms with Crippen LogP contribution in [0.2, 0.25) is 0 Å². The zero-order valence-electron chi connectivity index (χ0n) is 36.5. The molecule has 4 heterocycles. The summed E-state index contributed by atoms with van der Waals surface area (Å²) in [6, 6.07) is 19.5. The molecule has 8 rings (SSSR count). The molecule has 20 heteroatoms. The highest BCUT2D eigenvalue weighted by Crippen LogP contribution is 2.37. The van der Waals surface area contributed by atoms with Crippen LogP contribution in [0.5, 0.6) is 11.5 Å². The van der Waals surface area contributed by atoms with Gasteiger partial charge in [0.15, 0.2) is 0 Å². The second kappa shape index (κ2) is 19.4. The van der Waals surface area contributed by atoms with Crippen molar-refractivity contribution in [3.05, 3.63) is 106 Å². The van der Waals surface area contributed by atoms with E-state index in [1.807, 2.05) is 32.0 Å². The van der Waals surface area contributed by atoms with Gasteiger partial charge in [-0.25, -0.2) is 13.1 Å². The summed E-state index contributed by atoms with van der Waals surface area (Å²) in [6.45, 7) is 5.28. The average molecular weight is 924 g/mol. The molecule has 4 amide bonds. The Bertz CT molecular complexity index is 2830. The number of nitrogens with one attached hydrogen (secondary N) is 2. The van der Waals surface area contributed by atoms with Crippen molar-refractivity contribution in [2.24, 2.45) is 7.05 Å². The van der Waals surface area contributed by atoms with Crippen LogP contribution in [0.15, 0.2) is 77.7 Å². The molecule has 19 nitrogen and oxygen atoms in total. The lowest BCUT2D eigenvalue weighted by atomic mass is 9.86. The quantitative estimate of drug-likeness (QED) is 0.0838. The number of piperidine rings is 1. The zero-order valence-corrected chi connectivity index (χ0v) is 37.3. The van der Waals surface area contributed by atoms with Crippen LogP contribution >= 0.6 is 0 Å². The summed E-state index contributed by atoms with van der Waals surface area (Å²) in [6.07, 6.45) is -0.574. The molecule has 0 bridgehead atoms. The molecule has 3 aliphatic rings. The lowest BCUT2D eigenvalue weighted by Gasteiger charge is -2.27. The number of carboxylic acids is 1. The lowest BCUT2D eigenvalue weighted by molar-refractivity contribution is -0.138. The summed E-state index contributed by atoms with van der Waals surface area (Å²) < 4.78 is 54.4. The van der Waals surface area contributed by atoms with Gasteiger partial charge < -0.3 is 29.4 Å². The van der Waals surface area contributed by atoms with Gasteiger partial charge in [0.2, 0.25) is 21.8 Å². The molecule has 346 valence electrons. The minimum atomic E-state index is -3.91. The molecule has 4 aromatic carbocycles. The summed E-state index contributed by atoms with van der Waals surface area (Å²) in [5.74, 6) is -3.25. The smallest absolute Gasteiger partial charge is 0.304 e. The Morgan fingerprint density at radius 1 is 0.955 bits per heavy atom. The van der Waals surface area contributed by atoms with Crippen molar-refractivity contribution in [3.8, 4) is 11.5 Å². The number of hydrogen-bond donors (Lipinski definition) is 3. The normalized spacial score (nSPS) is 18.6. The maximum Gasteiger partial charge on any atom is 0.304 e. The van der Waals surface area contributed by atoms with Gasteiger partial charge in [-0.2, -0.15) is 4.31 Å². The number of hydrogen-bond acceptors (Lipinski definition) is 14. The molecule has 1 fully saturated rings. The number of amides is 4. The van der Waals surface area contributed by atoms with Gasteiger partial charge in [-0.15, -0.1) is 5.10 Å². The second-order valence-corrected chi connectivity index (χ2v) is 18.2. The zero-order chi connectivity index (χ0) is 46.7. The van der Waals surface area contributed by atoms with E-state index in [1.54, 1.807) is 54.2 Å². The number of benzene rings is 4. The number of para-hydroxylation sites is 1. The second-order valence-electron chi connectivity index (χ2n) is 16.3. The van der Waals surface area contributed by atoms with Crippen LogP contribution < -0.4 is 20.1 Å². The Morgan fingerprint density at radius 3 is 2.52 bits per heavy atom. The van der Waals surface area contributed by atoms with Gasteiger partial charge in [-0.05, 0) is 78.9 Å². The first-order valence-electron chi connectivity index (χ1n) is 21.5. The van der Waals surface area contributed by atoms with E-state index < -0.39 is 57.7 Å². The lowest BCUT2D eigenvalue weighted by Crippen LogP contribution is -2.54. The van der Waals surface area contributed by atoms with Crippen LogP contribution in [0.25, 0.3) is 11.0 Å². The molecule has 1 aromatic heterocycles. The first-order chi connectivity index (χ1) is 31.7. The number of anilines is 1. The molecule has 0 aliphatic carbocycles. The molecule has 3 unspecified atom stereocenters. The fourth-order valence-corrected chi connectivity index (χ4v) is 10.1. The number of carboxylic acid groups (broad SMARTS) is 1. The van der Waals surface area contributed by atoms with Crippen molar-refractivity contribution < 1.29 is 56.4 Å². The highest BCUT2D eigenvalue weighted by Gasteiger charge is 2.45. The van der Waals surface area contributed by atoms with Gasteiger partial charge in [-0.1, -0.05) is 41.6 Å². The standard InChI is InChI=1S/C46H49N7O12S/c1-27-11-12-29(21-31(27)26-52-25-28(2)65-37-9-4-5-10-39(37)66(52,60)61)33(24-41(55)56)30-22-35-43(51(3)50-49-35)38(23-30)64-20-19-63-18-17-62-16-15-47-34-8-6-7-32-42(34)46(59)53(45(32)58)36-13-14-40(54)48-44(36)57/h4-12,21-23,28,33,36,47H,13-20,24-26H2,1-3H3,(H,55,56)(H,48,54,57). The van der Waals surface area contributed by atoms with Gasteiger partial charge in [0, 0.05) is 38.2 Å². The monoisotopic (exact) mass is 923 g/mol. The molecule has 5 aromatic rings. The molecule has 0 radical (unpaired) electrons. The molecule has 0 saturated carbocycles. The van der Waals surface area contributed by atoms with E-state index in [0.29, 0.717) is 45.9 Å². The number of aromatic nitrogens is 3. The molecule has 3 atom stereocenters. The fraction of sp³-hybridized carbons (Fsp3) is 0.370. The molecular formula is C46H49N7O12S. The predicted octanol–water partition coefficient (Wildman–Crippen LogP) is 3.78. The van der Waals surface area contributed by atoms with Crippen LogP contribution in [0.3, 0.4) is 0 Å². The van der Waals surface area contributed by atoms with E-state index in [0.717, 1.165) is 16.0 Å². The number of rotatable bonds is 18. The van der Waals surface area contributed by atoms with Gasteiger partial charge in [-0.3, -0.25) is 34.2 Å². The number of nitrogens with zero attached hydrogens (tertiary/aromatic N) is 5. The Labute approximate surface area is 380 Å². The summed E-state index contributed by atoms with van der Waals surface area (Å²) in [5, 5.41) is 23.9. The minimum Gasteiger partial charge on any atom is -0.489 e. The van der Waals surface area contributed by atoms with Crippen molar-refractivity contribution >= 4 is 56.3 Å². The van der Waals surface area contributed by atoms with E-state index in [9.17, 15) is 37.5 Å². The highest BCUT2D eigenvalue weighted by molar-refractivity contribution is 7.89. The van der Waals surface area contributed by atoms with Crippen molar-refractivity contribution in [1.82, 2.24) is 29.5 Å². The third-order valence-corrected chi connectivity index (χ3v) is 13.6. The molecule has 3 aliphatic heterocycles. The van der Waals surface area contributed by atoms with Crippen LogP contribution in [0.1, 0.15) is 75.1 Å². The van der Waals surface area contributed by atoms with Crippen LogP contribution in [0, 0.1) is 6.92 Å². The van der Waals surface area contributed by atoms with Crippen molar-refractivity contribution in [2.45, 2.75) is 62.6 Å². The number of sulfonamides is 1. The number of ether oxygens (including phenoxy) is 4. The Hall–Kier alpha value is -6.74. The molecule has 1 saturated heterocycles. The maximum absolute atomic E-state index is 13.9. The number of carbonyl (C=O) groups is 5. The van der Waals surface area contributed by atoms with Crippen LogP contribution in [-0.4, -0.2) is 126 Å². The maximum atomic E-state index is 13.9. The number of fused-ring (bicyclic) bond motifs is 3. The van der Waals surface area contributed by atoms with Crippen molar-refractivity contribution in [2.75, 3.05) is 51.4 Å². The number of aryl methyl sites for hydroxylation is 2. The Balaban J connectivity index is 0.865. The van der Waals surface area contributed by atoms with Gasteiger partial charge in [0.05, 0.1) is 50.5 Å². The number of aliphatic carboxylic acids is 1.